The topological polar surface area (TPSA) is 42.7 Å². The Morgan fingerprint density at radius 3 is 2.71 bits per heavy atom. The van der Waals surface area contributed by atoms with Crippen LogP contribution in [0.3, 0.4) is 0 Å². The molecule has 6 heteroatoms. The standard InChI is InChI=1S/C15H20ClFN4/c1-4-5-19-14(11-6-12(17)8-18-7-11)15-13(16)9-20-21(15)10(2)3/h6-10,14,19H,4-5H2,1-3H3. The van der Waals surface area contributed by atoms with Crippen molar-refractivity contribution >= 4 is 11.6 Å². The molecule has 0 saturated carbocycles. The fraction of sp³-hybridized carbons (Fsp3) is 0.467. The lowest BCUT2D eigenvalue weighted by Crippen LogP contribution is -2.27. The minimum absolute atomic E-state index is 0.167. The second-order valence-corrected chi connectivity index (χ2v) is 5.65. The predicted molar refractivity (Wildman–Crippen MR) is 82.0 cm³/mol. The number of rotatable bonds is 6. The molecule has 0 aromatic carbocycles. The summed E-state index contributed by atoms with van der Waals surface area (Å²) in [5.74, 6) is -0.359. The SMILES string of the molecule is CCCNC(c1cncc(F)c1)c1c(Cl)cnn1C(C)C. The van der Waals surface area contributed by atoms with Gasteiger partial charge in [0.25, 0.3) is 0 Å². The Balaban J connectivity index is 2.48. The van der Waals surface area contributed by atoms with Crippen molar-refractivity contribution in [3.8, 4) is 0 Å². The molecule has 0 fully saturated rings. The van der Waals surface area contributed by atoms with Crippen LogP contribution in [-0.4, -0.2) is 21.3 Å². The zero-order valence-corrected chi connectivity index (χ0v) is 13.2. The van der Waals surface area contributed by atoms with Crippen LogP contribution in [0.1, 0.15) is 50.5 Å². The first kappa shape index (κ1) is 15.9. The van der Waals surface area contributed by atoms with E-state index in [0.29, 0.717) is 5.02 Å². The zero-order valence-electron chi connectivity index (χ0n) is 12.5. The number of halogens is 2. The third-order valence-electron chi connectivity index (χ3n) is 3.21. The van der Waals surface area contributed by atoms with Gasteiger partial charge in [0, 0.05) is 12.2 Å². The van der Waals surface area contributed by atoms with Crippen LogP contribution in [0.4, 0.5) is 4.39 Å². The Hall–Kier alpha value is -1.46. The molecule has 1 N–H and O–H groups in total. The van der Waals surface area contributed by atoms with Gasteiger partial charge in [0.05, 0.1) is 29.2 Å². The fourth-order valence-electron chi connectivity index (χ4n) is 2.28. The highest BCUT2D eigenvalue weighted by molar-refractivity contribution is 6.31. The van der Waals surface area contributed by atoms with Gasteiger partial charge in [-0.15, -0.1) is 0 Å². The van der Waals surface area contributed by atoms with Crippen molar-refractivity contribution in [2.45, 2.75) is 39.3 Å². The molecule has 1 atom stereocenters. The van der Waals surface area contributed by atoms with E-state index in [1.807, 2.05) is 18.5 Å². The molecule has 114 valence electrons. The predicted octanol–water partition coefficient (Wildman–Crippen LogP) is 3.74. The van der Waals surface area contributed by atoms with Crippen LogP contribution in [0.5, 0.6) is 0 Å². The van der Waals surface area contributed by atoms with Gasteiger partial charge in [-0.25, -0.2) is 4.39 Å². The van der Waals surface area contributed by atoms with Gasteiger partial charge < -0.3 is 5.32 Å². The van der Waals surface area contributed by atoms with E-state index in [9.17, 15) is 4.39 Å². The smallest absolute Gasteiger partial charge is 0.141 e. The molecule has 1 unspecified atom stereocenters. The number of hydrogen-bond acceptors (Lipinski definition) is 3. The van der Waals surface area contributed by atoms with Crippen molar-refractivity contribution < 1.29 is 4.39 Å². The molecular weight excluding hydrogens is 291 g/mol. The molecule has 2 heterocycles. The highest BCUT2D eigenvalue weighted by Gasteiger charge is 2.23. The van der Waals surface area contributed by atoms with E-state index in [1.165, 1.54) is 12.3 Å². The minimum atomic E-state index is -0.359. The van der Waals surface area contributed by atoms with Crippen molar-refractivity contribution in [3.05, 3.63) is 46.8 Å². The summed E-state index contributed by atoms with van der Waals surface area (Å²) in [5, 5.41) is 8.29. The monoisotopic (exact) mass is 310 g/mol. The molecular formula is C15H20ClFN4. The molecule has 21 heavy (non-hydrogen) atoms. The third-order valence-corrected chi connectivity index (χ3v) is 3.50. The summed E-state index contributed by atoms with van der Waals surface area (Å²) < 4.78 is 15.4. The summed E-state index contributed by atoms with van der Waals surface area (Å²) in [6.45, 7) is 6.94. The lowest BCUT2D eigenvalue weighted by Gasteiger charge is -2.22. The molecule has 0 saturated heterocycles. The maximum atomic E-state index is 13.5. The third kappa shape index (κ3) is 3.60. The average molecular weight is 311 g/mol. The second kappa shape index (κ2) is 7.00. The van der Waals surface area contributed by atoms with E-state index in [2.05, 4.69) is 22.3 Å². The average Bonchev–Trinajstić information content (AvgIpc) is 2.82. The normalized spacial score (nSPS) is 12.9. The molecule has 0 aliphatic rings. The first-order chi connectivity index (χ1) is 10.0. The van der Waals surface area contributed by atoms with Crippen LogP contribution in [0.25, 0.3) is 0 Å². The van der Waals surface area contributed by atoms with Gasteiger partial charge >= 0.3 is 0 Å². The van der Waals surface area contributed by atoms with Gasteiger partial charge in [-0.2, -0.15) is 5.10 Å². The molecule has 2 rings (SSSR count). The van der Waals surface area contributed by atoms with Crippen molar-refractivity contribution in [1.82, 2.24) is 20.1 Å². The first-order valence-corrected chi connectivity index (χ1v) is 7.49. The van der Waals surface area contributed by atoms with Crippen LogP contribution < -0.4 is 5.32 Å². The Morgan fingerprint density at radius 2 is 2.10 bits per heavy atom. The van der Waals surface area contributed by atoms with Gasteiger partial charge in [0.2, 0.25) is 0 Å². The van der Waals surface area contributed by atoms with E-state index < -0.39 is 0 Å². The van der Waals surface area contributed by atoms with Crippen LogP contribution in [0, 0.1) is 5.82 Å². The zero-order chi connectivity index (χ0) is 15.4. The summed E-state index contributed by atoms with van der Waals surface area (Å²) in [4.78, 5) is 3.94. The van der Waals surface area contributed by atoms with E-state index >= 15 is 0 Å². The minimum Gasteiger partial charge on any atom is -0.305 e. The number of nitrogens with one attached hydrogen (secondary N) is 1. The summed E-state index contributed by atoms with van der Waals surface area (Å²) in [6.07, 6.45) is 5.45. The van der Waals surface area contributed by atoms with E-state index in [1.54, 1.807) is 12.4 Å². The summed E-state index contributed by atoms with van der Waals surface area (Å²) in [5.41, 5.74) is 1.58. The largest absolute Gasteiger partial charge is 0.305 e. The lowest BCUT2D eigenvalue weighted by atomic mass is 10.0. The quantitative estimate of drug-likeness (QED) is 0.884. The van der Waals surface area contributed by atoms with Crippen LogP contribution >= 0.6 is 11.6 Å². The number of hydrogen-bond donors (Lipinski definition) is 1. The maximum absolute atomic E-state index is 13.5. The maximum Gasteiger partial charge on any atom is 0.141 e. The molecule has 4 nitrogen and oxygen atoms in total. The Labute approximate surface area is 129 Å². The molecule has 2 aromatic rings. The van der Waals surface area contributed by atoms with Crippen LogP contribution in [0.2, 0.25) is 5.02 Å². The Kier molecular flexibility index (Phi) is 5.31. The van der Waals surface area contributed by atoms with Gasteiger partial charge in [-0.05, 0) is 38.4 Å². The van der Waals surface area contributed by atoms with Crippen molar-refractivity contribution in [3.63, 3.8) is 0 Å². The summed E-state index contributed by atoms with van der Waals surface area (Å²) in [7, 11) is 0. The van der Waals surface area contributed by atoms with Gasteiger partial charge in [-0.1, -0.05) is 18.5 Å². The van der Waals surface area contributed by atoms with Crippen molar-refractivity contribution in [1.29, 1.82) is 0 Å². The van der Waals surface area contributed by atoms with Crippen LogP contribution in [-0.2, 0) is 0 Å². The number of aromatic nitrogens is 3. The molecule has 0 amide bonds. The molecule has 0 spiro atoms. The van der Waals surface area contributed by atoms with Crippen molar-refractivity contribution in [2.75, 3.05) is 6.54 Å². The van der Waals surface area contributed by atoms with E-state index in [4.69, 9.17) is 11.6 Å². The summed E-state index contributed by atoms with van der Waals surface area (Å²) in [6, 6.07) is 1.42. The van der Waals surface area contributed by atoms with Crippen molar-refractivity contribution in [2.24, 2.45) is 0 Å². The summed E-state index contributed by atoms with van der Waals surface area (Å²) >= 11 is 6.31. The molecule has 0 radical (unpaired) electrons. The first-order valence-electron chi connectivity index (χ1n) is 7.11. The van der Waals surface area contributed by atoms with Gasteiger partial charge in [0.15, 0.2) is 0 Å². The van der Waals surface area contributed by atoms with E-state index in [-0.39, 0.29) is 17.9 Å². The Morgan fingerprint density at radius 1 is 1.33 bits per heavy atom. The lowest BCUT2D eigenvalue weighted by molar-refractivity contribution is 0.470. The number of nitrogens with zero attached hydrogens (tertiary/aromatic N) is 3. The molecule has 0 bridgehead atoms. The fourth-order valence-corrected chi connectivity index (χ4v) is 2.52. The molecule has 0 aliphatic heterocycles. The number of pyridine rings is 1. The highest BCUT2D eigenvalue weighted by Crippen LogP contribution is 2.30. The van der Waals surface area contributed by atoms with Gasteiger partial charge in [-0.3, -0.25) is 9.67 Å². The molecule has 0 aliphatic carbocycles. The van der Waals surface area contributed by atoms with E-state index in [0.717, 1.165) is 24.2 Å². The second-order valence-electron chi connectivity index (χ2n) is 5.24. The molecule has 2 aromatic heterocycles. The van der Waals surface area contributed by atoms with Gasteiger partial charge in [0.1, 0.15) is 5.82 Å². The highest BCUT2D eigenvalue weighted by atomic mass is 35.5. The Bertz CT molecular complexity index is 597. The van der Waals surface area contributed by atoms with Crippen LogP contribution in [0.15, 0.2) is 24.7 Å².